The molecule has 25 heavy (non-hydrogen) atoms. The Kier molecular flexibility index (Phi) is 4.51. The van der Waals surface area contributed by atoms with Gasteiger partial charge in [0.25, 0.3) is 0 Å². The molecule has 0 radical (unpaired) electrons. The van der Waals surface area contributed by atoms with Crippen LogP contribution in [0.15, 0.2) is 42.5 Å². The van der Waals surface area contributed by atoms with Gasteiger partial charge in [-0.25, -0.2) is 4.79 Å². The number of amides is 2. The van der Waals surface area contributed by atoms with Crippen LogP contribution in [-0.4, -0.2) is 32.2 Å². The highest BCUT2D eigenvalue weighted by Crippen LogP contribution is 2.34. The molecular weight excluding hydrogens is 336 g/mol. The molecule has 0 unspecified atom stereocenters. The van der Waals surface area contributed by atoms with Crippen LogP contribution in [-0.2, 0) is 13.1 Å². The zero-order valence-electron chi connectivity index (χ0n) is 14.0. The van der Waals surface area contributed by atoms with E-state index >= 15 is 0 Å². The Labute approximate surface area is 152 Å². The number of fused-ring (bicyclic) bond motifs is 1. The molecule has 2 aliphatic rings. The van der Waals surface area contributed by atoms with Gasteiger partial charge in [-0.2, -0.15) is 0 Å². The normalized spacial score (nSPS) is 17.2. The summed E-state index contributed by atoms with van der Waals surface area (Å²) in [4.78, 5) is 16.7. The number of halogens is 1. The van der Waals surface area contributed by atoms with Crippen LogP contribution in [0.25, 0.3) is 0 Å². The predicted octanol–water partition coefficient (Wildman–Crippen LogP) is 2.98. The molecule has 1 fully saturated rings. The average molecular weight is 357 g/mol. The van der Waals surface area contributed by atoms with Crippen LogP contribution in [0.3, 0.4) is 0 Å². The van der Waals surface area contributed by atoms with Gasteiger partial charge in [-0.1, -0.05) is 29.8 Å². The maximum absolute atomic E-state index is 12.5. The highest BCUT2D eigenvalue weighted by molar-refractivity contribution is 6.30. The van der Waals surface area contributed by atoms with Gasteiger partial charge < -0.3 is 15.5 Å². The number of benzene rings is 2. The van der Waals surface area contributed by atoms with Crippen molar-refractivity contribution < 1.29 is 4.79 Å². The van der Waals surface area contributed by atoms with Gasteiger partial charge in [0.2, 0.25) is 0 Å². The number of nitrogens with zero attached hydrogens (tertiary/aromatic N) is 2. The van der Waals surface area contributed by atoms with E-state index in [-0.39, 0.29) is 6.03 Å². The fourth-order valence-electron chi connectivity index (χ4n) is 3.54. The minimum absolute atomic E-state index is 0.0649. The van der Waals surface area contributed by atoms with E-state index in [1.54, 1.807) is 4.90 Å². The third kappa shape index (κ3) is 3.30. The first kappa shape index (κ1) is 16.2. The summed E-state index contributed by atoms with van der Waals surface area (Å²) >= 11 is 6.09. The van der Waals surface area contributed by atoms with E-state index in [0.717, 1.165) is 37.4 Å². The molecule has 0 spiro atoms. The Morgan fingerprint density at radius 3 is 2.60 bits per heavy atom. The summed E-state index contributed by atoms with van der Waals surface area (Å²) in [6.45, 7) is 5.02. The second kappa shape index (κ2) is 6.94. The van der Waals surface area contributed by atoms with Crippen molar-refractivity contribution in [2.75, 3.05) is 36.0 Å². The van der Waals surface area contributed by atoms with E-state index in [9.17, 15) is 4.79 Å². The second-order valence-electron chi connectivity index (χ2n) is 6.39. The Balaban J connectivity index is 1.68. The minimum atomic E-state index is -0.0649. The third-order valence-electron chi connectivity index (χ3n) is 4.77. The van der Waals surface area contributed by atoms with Crippen molar-refractivity contribution >= 4 is 29.0 Å². The van der Waals surface area contributed by atoms with Crippen LogP contribution in [0.4, 0.5) is 16.2 Å². The molecular formula is C19H21ClN4O. The van der Waals surface area contributed by atoms with Crippen molar-refractivity contribution in [1.82, 2.24) is 10.6 Å². The van der Waals surface area contributed by atoms with Crippen LogP contribution in [0.1, 0.15) is 11.1 Å². The van der Waals surface area contributed by atoms with Crippen LogP contribution >= 0.6 is 11.6 Å². The summed E-state index contributed by atoms with van der Waals surface area (Å²) in [6.07, 6.45) is 0. The van der Waals surface area contributed by atoms with E-state index in [1.807, 2.05) is 36.4 Å². The number of rotatable bonds is 3. The van der Waals surface area contributed by atoms with Crippen molar-refractivity contribution in [1.29, 1.82) is 0 Å². The molecule has 0 saturated carbocycles. The molecule has 6 heteroatoms. The van der Waals surface area contributed by atoms with Crippen LogP contribution < -0.4 is 20.4 Å². The van der Waals surface area contributed by atoms with Crippen molar-refractivity contribution in [3.05, 3.63) is 58.6 Å². The van der Waals surface area contributed by atoms with Gasteiger partial charge in [0.15, 0.2) is 0 Å². The first-order valence-electron chi connectivity index (χ1n) is 8.60. The molecule has 2 aromatic carbocycles. The van der Waals surface area contributed by atoms with E-state index < -0.39 is 0 Å². The van der Waals surface area contributed by atoms with Crippen LogP contribution in [0, 0.1) is 0 Å². The van der Waals surface area contributed by atoms with Crippen molar-refractivity contribution in [3.63, 3.8) is 0 Å². The number of anilines is 2. The molecule has 5 nitrogen and oxygen atoms in total. The number of hydrogen-bond acceptors (Lipinski definition) is 3. The van der Waals surface area contributed by atoms with Gasteiger partial charge in [0.1, 0.15) is 0 Å². The summed E-state index contributed by atoms with van der Waals surface area (Å²) in [6, 6.07) is 13.8. The highest BCUT2D eigenvalue weighted by Gasteiger charge is 2.27. The number of carbonyl (C=O) groups is 1. The smallest absolute Gasteiger partial charge is 0.322 e. The largest absolute Gasteiger partial charge is 0.369 e. The van der Waals surface area contributed by atoms with E-state index in [1.165, 1.54) is 11.3 Å². The molecule has 4 rings (SSSR count). The van der Waals surface area contributed by atoms with Crippen molar-refractivity contribution in [2.45, 2.75) is 13.1 Å². The fraction of sp³-hybridized carbons (Fsp3) is 0.316. The SMILES string of the molecule is O=C1NCc2c(N3CCNCC3)cccc2N1Cc1cccc(Cl)c1. The van der Waals surface area contributed by atoms with E-state index in [4.69, 9.17) is 11.6 Å². The van der Waals surface area contributed by atoms with Crippen LogP contribution in [0.2, 0.25) is 5.02 Å². The third-order valence-corrected chi connectivity index (χ3v) is 5.00. The molecule has 0 atom stereocenters. The standard InChI is InChI=1S/C19H21ClN4O/c20-15-4-1-3-14(11-15)13-24-18-6-2-5-17(16(18)12-22-19(24)25)23-9-7-21-8-10-23/h1-6,11,21H,7-10,12-13H2,(H,22,25). The number of urea groups is 1. The monoisotopic (exact) mass is 356 g/mol. The topological polar surface area (TPSA) is 47.6 Å². The molecule has 2 amide bonds. The Bertz CT molecular complexity index is 789. The maximum atomic E-state index is 12.5. The van der Waals surface area contributed by atoms with Crippen molar-refractivity contribution in [3.8, 4) is 0 Å². The van der Waals surface area contributed by atoms with Crippen LogP contribution in [0.5, 0.6) is 0 Å². The summed E-state index contributed by atoms with van der Waals surface area (Å²) < 4.78 is 0. The number of piperazine rings is 1. The average Bonchev–Trinajstić information content (AvgIpc) is 2.64. The highest BCUT2D eigenvalue weighted by atomic mass is 35.5. The number of hydrogen-bond donors (Lipinski definition) is 2. The second-order valence-corrected chi connectivity index (χ2v) is 6.82. The van der Waals surface area contributed by atoms with Crippen molar-refractivity contribution in [2.24, 2.45) is 0 Å². The summed E-state index contributed by atoms with van der Waals surface area (Å²) in [7, 11) is 0. The van der Waals surface area contributed by atoms with Gasteiger partial charge in [0, 0.05) is 49.0 Å². The summed E-state index contributed by atoms with van der Waals surface area (Å²) in [5.74, 6) is 0. The lowest BCUT2D eigenvalue weighted by atomic mass is 10.0. The summed E-state index contributed by atoms with van der Waals surface area (Å²) in [5.41, 5.74) is 4.41. The van der Waals surface area contributed by atoms with Gasteiger partial charge in [-0.15, -0.1) is 0 Å². The van der Waals surface area contributed by atoms with Gasteiger partial charge in [0.05, 0.1) is 12.2 Å². The van der Waals surface area contributed by atoms with Gasteiger partial charge >= 0.3 is 6.03 Å². The lowest BCUT2D eigenvalue weighted by molar-refractivity contribution is 0.244. The molecule has 2 aliphatic heterocycles. The first-order valence-corrected chi connectivity index (χ1v) is 8.97. The predicted molar refractivity (Wildman–Crippen MR) is 101 cm³/mol. The Hall–Kier alpha value is -2.24. The molecule has 0 aromatic heterocycles. The molecule has 0 aliphatic carbocycles. The van der Waals surface area contributed by atoms with Gasteiger partial charge in [-0.3, -0.25) is 4.90 Å². The van der Waals surface area contributed by atoms with E-state index in [0.29, 0.717) is 18.1 Å². The maximum Gasteiger partial charge on any atom is 0.322 e. The summed E-state index contributed by atoms with van der Waals surface area (Å²) in [5, 5.41) is 7.08. The zero-order chi connectivity index (χ0) is 17.2. The Morgan fingerprint density at radius 1 is 1.04 bits per heavy atom. The van der Waals surface area contributed by atoms with E-state index in [2.05, 4.69) is 21.6 Å². The molecule has 1 saturated heterocycles. The molecule has 2 heterocycles. The Morgan fingerprint density at radius 2 is 1.80 bits per heavy atom. The molecule has 2 N–H and O–H groups in total. The zero-order valence-corrected chi connectivity index (χ0v) is 14.7. The lowest BCUT2D eigenvalue weighted by Gasteiger charge is -2.36. The molecule has 130 valence electrons. The molecule has 2 aromatic rings. The first-order chi connectivity index (χ1) is 12.2. The minimum Gasteiger partial charge on any atom is -0.369 e. The lowest BCUT2D eigenvalue weighted by Crippen LogP contribution is -2.46. The fourth-order valence-corrected chi connectivity index (χ4v) is 3.76. The number of carbonyl (C=O) groups excluding carboxylic acids is 1. The molecule has 0 bridgehead atoms. The quantitative estimate of drug-likeness (QED) is 0.888. The number of nitrogens with one attached hydrogen (secondary N) is 2. The van der Waals surface area contributed by atoms with Gasteiger partial charge in [-0.05, 0) is 29.8 Å².